The smallest absolute Gasteiger partial charge is 0.251 e. The summed E-state index contributed by atoms with van der Waals surface area (Å²) in [6.45, 7) is 0.677. The van der Waals surface area contributed by atoms with E-state index >= 15 is 0 Å². The number of carbonyl (C=O) groups excluding carboxylic acids is 1. The number of ketones is 1. The van der Waals surface area contributed by atoms with Crippen molar-refractivity contribution in [2.24, 2.45) is 0 Å². The Balaban J connectivity index is 1.55. The molecule has 33 heavy (non-hydrogen) atoms. The number of hydrogen-bond donors (Lipinski definition) is 1. The van der Waals surface area contributed by atoms with Crippen LogP contribution in [0.15, 0.2) is 82.6 Å². The average Bonchev–Trinajstić information content (AvgIpc) is 3.50. The first-order valence-corrected chi connectivity index (χ1v) is 12.3. The van der Waals surface area contributed by atoms with Crippen molar-refractivity contribution < 1.29 is 13.2 Å². The standard InChI is InChI=1S/C25H23N3O4S/c29-22(17-27-16-19(12-13-23(27)30)33(31,32)28-14-6-7-15-28)24-20-10-4-5-11-21(20)26-25(24)18-8-2-1-3-9-18/h1-5,8-13,16,26H,6-7,14-15,17H2. The van der Waals surface area contributed by atoms with E-state index in [9.17, 15) is 18.0 Å². The number of rotatable bonds is 6. The molecule has 0 atom stereocenters. The summed E-state index contributed by atoms with van der Waals surface area (Å²) in [5, 5.41) is 0.759. The maximum absolute atomic E-state index is 13.5. The summed E-state index contributed by atoms with van der Waals surface area (Å²) in [5.41, 5.74) is 2.41. The van der Waals surface area contributed by atoms with Crippen molar-refractivity contribution in [2.75, 3.05) is 13.1 Å². The maximum atomic E-state index is 13.5. The SMILES string of the molecule is O=C(Cn1cc(S(=O)(=O)N2CCCC2)ccc1=O)c1c(-c2ccccc2)[nH]c2ccccc12. The Morgan fingerprint density at radius 1 is 0.909 bits per heavy atom. The van der Waals surface area contributed by atoms with Crippen LogP contribution < -0.4 is 5.56 Å². The van der Waals surface area contributed by atoms with E-state index in [1.807, 2.05) is 54.6 Å². The number of H-pyrrole nitrogens is 1. The van der Waals surface area contributed by atoms with Crippen molar-refractivity contribution in [3.63, 3.8) is 0 Å². The zero-order valence-electron chi connectivity index (χ0n) is 17.9. The number of nitrogens with one attached hydrogen (secondary N) is 1. The lowest BCUT2D eigenvalue weighted by atomic mass is 10.0. The topological polar surface area (TPSA) is 92.2 Å². The molecule has 8 heteroatoms. The molecule has 1 fully saturated rings. The predicted octanol–water partition coefficient (Wildman–Crippen LogP) is 3.66. The second-order valence-electron chi connectivity index (χ2n) is 8.15. The van der Waals surface area contributed by atoms with E-state index in [2.05, 4.69) is 4.98 Å². The van der Waals surface area contributed by atoms with Crippen LogP contribution >= 0.6 is 0 Å². The van der Waals surface area contributed by atoms with Crippen LogP contribution in [0.3, 0.4) is 0 Å². The van der Waals surface area contributed by atoms with Gasteiger partial charge in [0.2, 0.25) is 10.0 Å². The normalized spacial score (nSPS) is 14.7. The van der Waals surface area contributed by atoms with Gasteiger partial charge in [-0.3, -0.25) is 9.59 Å². The number of hydrogen-bond acceptors (Lipinski definition) is 4. The maximum Gasteiger partial charge on any atom is 0.251 e. The molecule has 2 aromatic heterocycles. The summed E-state index contributed by atoms with van der Waals surface area (Å²) in [4.78, 5) is 29.4. The molecular formula is C25H23N3O4S. The Hall–Kier alpha value is -3.49. The molecule has 1 aliphatic rings. The summed E-state index contributed by atoms with van der Waals surface area (Å²) in [7, 11) is -3.70. The lowest BCUT2D eigenvalue weighted by Crippen LogP contribution is -2.30. The fraction of sp³-hybridized carbons (Fsp3) is 0.200. The van der Waals surface area contributed by atoms with E-state index in [4.69, 9.17) is 0 Å². The number of aromatic nitrogens is 2. The Kier molecular flexibility index (Phi) is 5.47. The molecule has 1 aliphatic heterocycles. The Bertz CT molecular complexity index is 1500. The van der Waals surface area contributed by atoms with Crippen molar-refractivity contribution in [1.82, 2.24) is 13.9 Å². The summed E-state index contributed by atoms with van der Waals surface area (Å²) in [6.07, 6.45) is 2.92. The minimum atomic E-state index is -3.70. The molecule has 0 radical (unpaired) electrons. The van der Waals surface area contributed by atoms with E-state index in [0.29, 0.717) is 24.3 Å². The lowest BCUT2D eigenvalue weighted by molar-refractivity contribution is 0.0972. The average molecular weight is 462 g/mol. The zero-order valence-corrected chi connectivity index (χ0v) is 18.7. The van der Waals surface area contributed by atoms with Gasteiger partial charge in [-0.1, -0.05) is 48.5 Å². The van der Waals surface area contributed by atoms with Gasteiger partial charge in [0.15, 0.2) is 5.78 Å². The number of carbonyl (C=O) groups is 1. The number of sulfonamides is 1. The molecule has 3 heterocycles. The molecule has 7 nitrogen and oxygen atoms in total. The van der Waals surface area contributed by atoms with Gasteiger partial charge in [-0.2, -0.15) is 4.31 Å². The van der Waals surface area contributed by atoms with Gasteiger partial charge in [0.25, 0.3) is 5.56 Å². The van der Waals surface area contributed by atoms with Gasteiger partial charge in [-0.05, 0) is 30.5 Å². The molecule has 0 amide bonds. The lowest BCUT2D eigenvalue weighted by Gasteiger charge is -2.16. The van der Waals surface area contributed by atoms with Crippen LogP contribution in [-0.2, 0) is 16.6 Å². The number of nitrogens with zero attached hydrogens (tertiary/aromatic N) is 2. The Morgan fingerprint density at radius 2 is 1.61 bits per heavy atom. The molecule has 5 rings (SSSR count). The van der Waals surface area contributed by atoms with E-state index in [1.54, 1.807) is 0 Å². The van der Waals surface area contributed by atoms with Crippen LogP contribution in [-0.4, -0.2) is 41.1 Å². The van der Waals surface area contributed by atoms with E-state index in [-0.39, 0.29) is 17.2 Å². The summed E-state index contributed by atoms with van der Waals surface area (Å²) in [6, 6.07) is 19.6. The van der Waals surface area contributed by atoms with Crippen molar-refractivity contribution >= 4 is 26.7 Å². The highest BCUT2D eigenvalue weighted by molar-refractivity contribution is 7.89. The summed E-state index contributed by atoms with van der Waals surface area (Å²) in [5.74, 6) is -0.274. The van der Waals surface area contributed by atoms with Crippen LogP contribution in [0.5, 0.6) is 0 Å². The first-order chi connectivity index (χ1) is 15.9. The van der Waals surface area contributed by atoms with Crippen LogP contribution in [0.1, 0.15) is 23.2 Å². The van der Waals surface area contributed by atoms with Crippen LogP contribution in [0, 0.1) is 0 Å². The van der Waals surface area contributed by atoms with Gasteiger partial charge in [0, 0.05) is 36.3 Å². The molecule has 0 unspecified atom stereocenters. The molecule has 0 aliphatic carbocycles. The highest BCUT2D eigenvalue weighted by Crippen LogP contribution is 2.31. The predicted molar refractivity (Wildman–Crippen MR) is 127 cm³/mol. The molecule has 0 spiro atoms. The number of fused-ring (bicyclic) bond motifs is 1. The third kappa shape index (κ3) is 3.92. The fourth-order valence-electron chi connectivity index (χ4n) is 4.35. The van der Waals surface area contributed by atoms with Gasteiger partial charge in [0.1, 0.15) is 0 Å². The Labute approximate surface area is 191 Å². The minimum Gasteiger partial charge on any atom is -0.354 e. The van der Waals surface area contributed by atoms with Gasteiger partial charge in [0.05, 0.1) is 22.7 Å². The second-order valence-corrected chi connectivity index (χ2v) is 10.1. The zero-order chi connectivity index (χ0) is 23.0. The molecule has 0 bridgehead atoms. The van der Waals surface area contributed by atoms with E-state index < -0.39 is 15.6 Å². The second kappa shape index (κ2) is 8.46. The highest BCUT2D eigenvalue weighted by Gasteiger charge is 2.28. The molecular weight excluding hydrogens is 438 g/mol. The molecule has 1 saturated heterocycles. The van der Waals surface area contributed by atoms with Crippen molar-refractivity contribution in [3.8, 4) is 11.3 Å². The van der Waals surface area contributed by atoms with Gasteiger partial charge >= 0.3 is 0 Å². The van der Waals surface area contributed by atoms with Gasteiger partial charge in [-0.25, -0.2) is 8.42 Å². The molecule has 0 saturated carbocycles. The third-order valence-electron chi connectivity index (χ3n) is 6.02. The van der Waals surface area contributed by atoms with Crippen LogP contribution in [0.2, 0.25) is 0 Å². The summed E-state index contributed by atoms with van der Waals surface area (Å²) >= 11 is 0. The monoisotopic (exact) mass is 461 g/mol. The molecule has 4 aromatic rings. The molecule has 1 N–H and O–H groups in total. The first-order valence-electron chi connectivity index (χ1n) is 10.8. The Morgan fingerprint density at radius 3 is 2.36 bits per heavy atom. The number of pyridine rings is 1. The van der Waals surface area contributed by atoms with Crippen molar-refractivity contribution in [3.05, 3.63) is 88.8 Å². The van der Waals surface area contributed by atoms with Crippen molar-refractivity contribution in [2.45, 2.75) is 24.3 Å². The van der Waals surface area contributed by atoms with E-state index in [1.165, 1.54) is 27.2 Å². The number of benzene rings is 2. The highest BCUT2D eigenvalue weighted by atomic mass is 32.2. The number of para-hydroxylation sites is 1. The number of aromatic amines is 1. The third-order valence-corrected chi connectivity index (χ3v) is 7.90. The van der Waals surface area contributed by atoms with Gasteiger partial charge < -0.3 is 9.55 Å². The van der Waals surface area contributed by atoms with Gasteiger partial charge in [-0.15, -0.1) is 0 Å². The fourth-order valence-corrected chi connectivity index (χ4v) is 5.89. The largest absolute Gasteiger partial charge is 0.354 e. The summed E-state index contributed by atoms with van der Waals surface area (Å²) < 4.78 is 28.5. The molecule has 168 valence electrons. The van der Waals surface area contributed by atoms with Crippen LogP contribution in [0.4, 0.5) is 0 Å². The number of Topliss-reactive ketones (excluding diaryl/α,β-unsaturated/α-hetero) is 1. The molecule has 2 aromatic carbocycles. The first kappa shape index (κ1) is 21.4. The van der Waals surface area contributed by atoms with Crippen LogP contribution in [0.25, 0.3) is 22.2 Å². The minimum absolute atomic E-state index is 0.0269. The van der Waals surface area contributed by atoms with E-state index in [0.717, 1.165) is 29.3 Å². The van der Waals surface area contributed by atoms with Crippen molar-refractivity contribution in [1.29, 1.82) is 0 Å². The quantitative estimate of drug-likeness (QED) is 0.444.